The molecule has 0 saturated heterocycles. The van der Waals surface area contributed by atoms with E-state index in [0.29, 0.717) is 17.5 Å². The highest BCUT2D eigenvalue weighted by Gasteiger charge is 2.39. The Labute approximate surface area is 136 Å². The van der Waals surface area contributed by atoms with Gasteiger partial charge in [0.15, 0.2) is 0 Å². The van der Waals surface area contributed by atoms with Gasteiger partial charge in [-0.1, -0.05) is 19.9 Å². The molecule has 1 aromatic rings. The number of carbonyl (C=O) groups excluding carboxylic acids is 1. The second-order valence-corrected chi connectivity index (χ2v) is 5.92. The highest BCUT2D eigenvalue weighted by atomic mass is 19.4. The maximum atomic E-state index is 12.2. The fourth-order valence-corrected chi connectivity index (χ4v) is 2.77. The van der Waals surface area contributed by atoms with Crippen molar-refractivity contribution in [2.75, 3.05) is 11.9 Å². The molecule has 0 N–H and O–H groups in total. The van der Waals surface area contributed by atoms with Crippen molar-refractivity contribution in [3.05, 3.63) is 57.8 Å². The Kier molecular flexibility index (Phi) is 4.26. The first-order valence-electron chi connectivity index (χ1n) is 6.99. The third kappa shape index (κ3) is 3.04. The van der Waals surface area contributed by atoms with Crippen molar-refractivity contribution in [3.63, 3.8) is 0 Å². The predicted molar refractivity (Wildman–Crippen MR) is 82.8 cm³/mol. The molecule has 8 heteroatoms. The van der Waals surface area contributed by atoms with Crippen molar-refractivity contribution in [2.45, 2.75) is 25.4 Å². The molecule has 0 radical (unpaired) electrons. The molecule has 128 valence electrons. The summed E-state index contributed by atoms with van der Waals surface area (Å²) in [6.45, 7) is 3.71. The van der Waals surface area contributed by atoms with E-state index in [4.69, 9.17) is 0 Å². The third-order valence-corrected chi connectivity index (χ3v) is 4.01. The zero-order chi connectivity index (χ0) is 18.3. The summed E-state index contributed by atoms with van der Waals surface area (Å²) in [7, 11) is 1.67. The molecule has 24 heavy (non-hydrogen) atoms. The molecule has 0 atom stereocenters. The fraction of sp³-hybridized carbons (Fsp3) is 0.312. The third-order valence-electron chi connectivity index (χ3n) is 4.01. The minimum Gasteiger partial charge on any atom is -0.347 e. The Morgan fingerprint density at radius 1 is 1.33 bits per heavy atom. The quantitative estimate of drug-likeness (QED) is 0.476. The van der Waals surface area contributed by atoms with E-state index in [1.54, 1.807) is 18.0 Å². The first kappa shape index (κ1) is 17.7. The van der Waals surface area contributed by atoms with Gasteiger partial charge in [0.2, 0.25) is 0 Å². The highest BCUT2D eigenvalue weighted by molar-refractivity contribution is 5.94. The lowest BCUT2D eigenvalue weighted by atomic mass is 9.83. The van der Waals surface area contributed by atoms with Crippen LogP contribution in [0.2, 0.25) is 0 Å². The van der Waals surface area contributed by atoms with Crippen molar-refractivity contribution < 1.29 is 22.9 Å². The molecule has 0 amide bonds. The number of allylic oxidation sites excluding steroid dienone is 4. The average Bonchev–Trinajstić information content (AvgIpc) is 2.66. The number of ketones is 1. The van der Waals surface area contributed by atoms with Crippen LogP contribution >= 0.6 is 0 Å². The molecule has 5 nitrogen and oxygen atoms in total. The average molecular weight is 340 g/mol. The number of benzene rings is 1. The van der Waals surface area contributed by atoms with Crippen LogP contribution in [0.4, 0.5) is 24.5 Å². The van der Waals surface area contributed by atoms with E-state index >= 15 is 0 Å². The van der Waals surface area contributed by atoms with Crippen LogP contribution in [0.15, 0.2) is 42.1 Å². The van der Waals surface area contributed by atoms with Crippen LogP contribution in [0.25, 0.3) is 0 Å². The van der Waals surface area contributed by atoms with Crippen LogP contribution in [0.1, 0.15) is 19.4 Å². The first-order chi connectivity index (χ1) is 11.0. The van der Waals surface area contributed by atoms with E-state index in [-0.39, 0.29) is 5.69 Å². The van der Waals surface area contributed by atoms with Crippen molar-refractivity contribution in [2.24, 2.45) is 0 Å². The number of halogens is 3. The van der Waals surface area contributed by atoms with Crippen LogP contribution in [0.3, 0.4) is 0 Å². The summed E-state index contributed by atoms with van der Waals surface area (Å²) in [5.41, 5.74) is 1.42. The van der Waals surface area contributed by atoms with Gasteiger partial charge in [-0.15, -0.1) is 0 Å². The van der Waals surface area contributed by atoms with Crippen LogP contribution < -0.4 is 4.90 Å². The number of fused-ring (bicyclic) bond motifs is 1. The van der Waals surface area contributed by atoms with E-state index in [1.165, 1.54) is 18.2 Å². The highest BCUT2D eigenvalue weighted by Crippen LogP contribution is 2.47. The molecule has 1 aromatic carbocycles. The standard InChI is InChI=1S/C16H15F3N2O3/c1-15(2)11-8-7-10(21(23)24)9-12(11)20(3)13(15)5-4-6-14(22)16(17,18)19/h4-9H,1-3H3. The molecule has 0 unspecified atom stereocenters. The number of nitrogens with zero attached hydrogens (tertiary/aromatic N) is 2. The van der Waals surface area contributed by atoms with Gasteiger partial charge in [-0.3, -0.25) is 14.9 Å². The van der Waals surface area contributed by atoms with Crippen LogP contribution in [0, 0.1) is 10.1 Å². The number of likely N-dealkylation sites (N-methyl/N-ethyl adjacent to an activating group) is 1. The van der Waals surface area contributed by atoms with E-state index in [1.807, 2.05) is 13.8 Å². The number of non-ortho nitro benzene ring substituents is 1. The van der Waals surface area contributed by atoms with E-state index < -0.39 is 22.3 Å². The summed E-state index contributed by atoms with van der Waals surface area (Å²) in [5.74, 6) is -1.94. The lowest BCUT2D eigenvalue weighted by Crippen LogP contribution is -2.23. The zero-order valence-electron chi connectivity index (χ0n) is 13.2. The number of anilines is 1. The second-order valence-electron chi connectivity index (χ2n) is 5.92. The summed E-state index contributed by atoms with van der Waals surface area (Å²) in [5, 5.41) is 10.9. The summed E-state index contributed by atoms with van der Waals surface area (Å²) < 4.78 is 36.7. The number of alkyl halides is 3. The largest absolute Gasteiger partial charge is 0.454 e. The minimum absolute atomic E-state index is 0.0690. The van der Waals surface area contributed by atoms with Gasteiger partial charge >= 0.3 is 6.18 Å². The molecular formula is C16H15F3N2O3. The zero-order valence-corrected chi connectivity index (χ0v) is 13.2. The lowest BCUT2D eigenvalue weighted by Gasteiger charge is -2.23. The molecule has 0 aromatic heterocycles. The van der Waals surface area contributed by atoms with Gasteiger partial charge < -0.3 is 4.90 Å². The molecule has 1 aliphatic heterocycles. The van der Waals surface area contributed by atoms with E-state index in [9.17, 15) is 28.1 Å². The van der Waals surface area contributed by atoms with E-state index in [0.717, 1.165) is 11.6 Å². The van der Waals surface area contributed by atoms with Crippen LogP contribution in [-0.2, 0) is 10.2 Å². The lowest BCUT2D eigenvalue weighted by molar-refractivity contribution is -0.384. The topological polar surface area (TPSA) is 63.5 Å². The number of hydrogen-bond acceptors (Lipinski definition) is 4. The van der Waals surface area contributed by atoms with Crippen LogP contribution in [0.5, 0.6) is 0 Å². The van der Waals surface area contributed by atoms with Gasteiger partial charge in [0.05, 0.1) is 10.6 Å². The number of hydrogen-bond donors (Lipinski definition) is 0. The molecular weight excluding hydrogens is 325 g/mol. The Morgan fingerprint density at radius 3 is 2.50 bits per heavy atom. The smallest absolute Gasteiger partial charge is 0.347 e. The van der Waals surface area contributed by atoms with Crippen molar-refractivity contribution in [1.29, 1.82) is 0 Å². The summed E-state index contributed by atoms with van der Waals surface area (Å²) in [4.78, 5) is 23.0. The van der Waals surface area contributed by atoms with Gasteiger partial charge in [-0.05, 0) is 23.8 Å². The Hall–Kier alpha value is -2.64. The van der Waals surface area contributed by atoms with Gasteiger partial charge in [0, 0.05) is 30.3 Å². The molecule has 0 fully saturated rings. The molecule has 1 aliphatic rings. The number of nitro groups is 1. The van der Waals surface area contributed by atoms with Crippen LogP contribution in [-0.4, -0.2) is 23.9 Å². The summed E-state index contributed by atoms with van der Waals surface area (Å²) in [6, 6.07) is 4.44. The molecule has 0 spiro atoms. The van der Waals surface area contributed by atoms with Gasteiger partial charge in [-0.2, -0.15) is 13.2 Å². The number of rotatable bonds is 3. The Morgan fingerprint density at radius 2 is 1.96 bits per heavy atom. The molecule has 2 rings (SSSR count). The number of carbonyl (C=O) groups is 1. The van der Waals surface area contributed by atoms with E-state index in [2.05, 4.69) is 0 Å². The number of nitro benzene ring substituents is 1. The predicted octanol–water partition coefficient (Wildman–Crippen LogP) is 3.89. The molecule has 0 aliphatic carbocycles. The molecule has 1 heterocycles. The van der Waals surface area contributed by atoms with Gasteiger partial charge in [-0.25, -0.2) is 0 Å². The maximum absolute atomic E-state index is 12.2. The normalized spacial score (nSPS) is 18.2. The maximum Gasteiger partial charge on any atom is 0.454 e. The SMILES string of the molecule is CN1C(=CC=CC(=O)C(F)(F)F)C(C)(C)c2ccc([N+](=O)[O-])cc21. The minimum atomic E-state index is -4.91. The molecule has 0 bridgehead atoms. The van der Waals surface area contributed by atoms with Crippen molar-refractivity contribution in [1.82, 2.24) is 0 Å². The fourth-order valence-electron chi connectivity index (χ4n) is 2.77. The summed E-state index contributed by atoms with van der Waals surface area (Å²) in [6.07, 6.45) is -1.99. The monoisotopic (exact) mass is 340 g/mol. The Bertz CT molecular complexity index is 764. The first-order valence-corrected chi connectivity index (χ1v) is 6.99. The second kappa shape index (κ2) is 5.77. The van der Waals surface area contributed by atoms with Crippen molar-refractivity contribution >= 4 is 17.2 Å². The van der Waals surface area contributed by atoms with Crippen molar-refractivity contribution in [3.8, 4) is 0 Å². The Balaban J connectivity index is 2.40. The van der Waals surface area contributed by atoms with Gasteiger partial charge in [0.1, 0.15) is 0 Å². The van der Waals surface area contributed by atoms with Gasteiger partial charge in [0.25, 0.3) is 11.5 Å². The summed E-state index contributed by atoms with van der Waals surface area (Å²) >= 11 is 0. The molecule has 0 saturated carbocycles.